The number of rotatable bonds is 3. The SMILES string of the molecule is Cc1noc(C)c1C(C)(C)C(=O)N1CC(N)C(CC(C)(C)C)C1.Cl. The van der Waals surface area contributed by atoms with Crippen LogP contribution in [0.3, 0.4) is 0 Å². The summed E-state index contributed by atoms with van der Waals surface area (Å²) in [5.74, 6) is 1.19. The van der Waals surface area contributed by atoms with E-state index in [0.29, 0.717) is 12.5 Å². The van der Waals surface area contributed by atoms with Crippen molar-refractivity contribution in [2.24, 2.45) is 17.1 Å². The molecule has 24 heavy (non-hydrogen) atoms. The third-order valence-corrected chi connectivity index (χ3v) is 4.85. The average Bonchev–Trinajstić information content (AvgIpc) is 2.91. The molecule has 0 radical (unpaired) electrons. The van der Waals surface area contributed by atoms with Gasteiger partial charge in [0.2, 0.25) is 5.91 Å². The smallest absolute Gasteiger partial charge is 0.232 e. The van der Waals surface area contributed by atoms with Gasteiger partial charge >= 0.3 is 0 Å². The van der Waals surface area contributed by atoms with Crippen molar-refractivity contribution in [2.45, 2.75) is 66.3 Å². The minimum Gasteiger partial charge on any atom is -0.361 e. The van der Waals surface area contributed by atoms with Gasteiger partial charge in [-0.15, -0.1) is 12.4 Å². The number of likely N-dealkylation sites (tertiary alicyclic amines) is 1. The summed E-state index contributed by atoms with van der Waals surface area (Å²) >= 11 is 0. The molecule has 0 spiro atoms. The van der Waals surface area contributed by atoms with Crippen molar-refractivity contribution < 1.29 is 9.32 Å². The van der Waals surface area contributed by atoms with E-state index in [4.69, 9.17) is 10.3 Å². The molecule has 2 rings (SSSR count). The Kier molecular flexibility index (Phi) is 6.16. The van der Waals surface area contributed by atoms with Crippen LogP contribution in [0.4, 0.5) is 0 Å². The van der Waals surface area contributed by atoms with Gasteiger partial charge in [-0.05, 0) is 45.4 Å². The van der Waals surface area contributed by atoms with E-state index in [1.807, 2.05) is 32.6 Å². The van der Waals surface area contributed by atoms with Crippen LogP contribution in [-0.2, 0) is 10.2 Å². The molecule has 1 aliphatic heterocycles. The number of aryl methyl sites for hydroxylation is 2. The van der Waals surface area contributed by atoms with Gasteiger partial charge in [0.05, 0.1) is 11.1 Å². The molecular formula is C18H32ClN3O2. The molecule has 0 bridgehead atoms. The van der Waals surface area contributed by atoms with Gasteiger partial charge in [-0.2, -0.15) is 0 Å². The van der Waals surface area contributed by atoms with Gasteiger partial charge in [0, 0.05) is 24.7 Å². The van der Waals surface area contributed by atoms with Gasteiger partial charge in [-0.25, -0.2) is 0 Å². The van der Waals surface area contributed by atoms with Gasteiger partial charge in [0.15, 0.2) is 0 Å². The van der Waals surface area contributed by atoms with Gasteiger partial charge in [0.25, 0.3) is 0 Å². The van der Waals surface area contributed by atoms with E-state index in [1.165, 1.54) is 0 Å². The summed E-state index contributed by atoms with van der Waals surface area (Å²) in [5.41, 5.74) is 7.57. The summed E-state index contributed by atoms with van der Waals surface area (Å²) in [6.45, 7) is 15.7. The van der Waals surface area contributed by atoms with E-state index in [1.54, 1.807) is 0 Å². The molecular weight excluding hydrogens is 326 g/mol. The van der Waals surface area contributed by atoms with E-state index in [9.17, 15) is 4.79 Å². The maximum atomic E-state index is 13.1. The zero-order valence-electron chi connectivity index (χ0n) is 16.0. The Labute approximate surface area is 151 Å². The van der Waals surface area contributed by atoms with Crippen molar-refractivity contribution in [1.82, 2.24) is 10.1 Å². The molecule has 1 aliphatic rings. The van der Waals surface area contributed by atoms with Crippen molar-refractivity contribution in [2.75, 3.05) is 13.1 Å². The lowest BCUT2D eigenvalue weighted by atomic mass is 9.81. The highest BCUT2D eigenvalue weighted by Crippen LogP contribution is 2.35. The van der Waals surface area contributed by atoms with E-state index in [0.717, 1.165) is 30.0 Å². The molecule has 5 nitrogen and oxygen atoms in total. The van der Waals surface area contributed by atoms with Gasteiger partial charge in [0.1, 0.15) is 5.76 Å². The number of carbonyl (C=O) groups is 1. The minimum absolute atomic E-state index is 0. The molecule has 1 aromatic rings. The molecule has 2 atom stereocenters. The van der Waals surface area contributed by atoms with Gasteiger partial charge < -0.3 is 15.2 Å². The number of hydrogen-bond donors (Lipinski definition) is 1. The largest absolute Gasteiger partial charge is 0.361 e. The van der Waals surface area contributed by atoms with Crippen LogP contribution in [0.1, 0.15) is 58.1 Å². The summed E-state index contributed by atoms with van der Waals surface area (Å²) in [6.07, 6.45) is 1.03. The first kappa shape index (κ1) is 21.0. The van der Waals surface area contributed by atoms with Crippen LogP contribution in [0.25, 0.3) is 0 Å². The summed E-state index contributed by atoms with van der Waals surface area (Å²) in [6, 6.07) is 0.0543. The van der Waals surface area contributed by atoms with Crippen LogP contribution in [0, 0.1) is 25.2 Å². The average molecular weight is 358 g/mol. The Hall–Kier alpha value is -1.07. The monoisotopic (exact) mass is 357 g/mol. The number of hydrogen-bond acceptors (Lipinski definition) is 4. The number of amides is 1. The number of nitrogens with two attached hydrogens (primary N) is 1. The van der Waals surface area contributed by atoms with Crippen molar-refractivity contribution in [1.29, 1.82) is 0 Å². The third kappa shape index (κ3) is 4.12. The molecule has 1 fully saturated rings. The molecule has 1 amide bonds. The quantitative estimate of drug-likeness (QED) is 0.901. The van der Waals surface area contributed by atoms with Crippen LogP contribution in [0.2, 0.25) is 0 Å². The zero-order valence-corrected chi connectivity index (χ0v) is 16.8. The van der Waals surface area contributed by atoms with Crippen molar-refractivity contribution in [3.63, 3.8) is 0 Å². The predicted molar refractivity (Wildman–Crippen MR) is 98.4 cm³/mol. The predicted octanol–water partition coefficient (Wildman–Crippen LogP) is 3.21. The summed E-state index contributed by atoms with van der Waals surface area (Å²) in [5, 5.41) is 4.00. The fraction of sp³-hybridized carbons (Fsp3) is 0.778. The Morgan fingerprint density at radius 1 is 1.25 bits per heavy atom. The molecule has 1 aromatic heterocycles. The van der Waals surface area contributed by atoms with Crippen molar-refractivity contribution >= 4 is 18.3 Å². The Morgan fingerprint density at radius 2 is 1.83 bits per heavy atom. The van der Waals surface area contributed by atoms with Crippen LogP contribution in [0.15, 0.2) is 4.52 Å². The highest BCUT2D eigenvalue weighted by atomic mass is 35.5. The lowest BCUT2D eigenvalue weighted by Crippen LogP contribution is -2.43. The lowest BCUT2D eigenvalue weighted by molar-refractivity contribution is -0.135. The second-order valence-electron chi connectivity index (χ2n) is 8.72. The minimum atomic E-state index is -0.648. The number of aromatic nitrogens is 1. The van der Waals surface area contributed by atoms with Gasteiger partial charge in [-0.3, -0.25) is 4.79 Å². The fourth-order valence-corrected chi connectivity index (χ4v) is 3.94. The number of carbonyl (C=O) groups excluding carboxylic acids is 1. The Bertz CT molecular complexity index is 570. The van der Waals surface area contributed by atoms with E-state index in [2.05, 4.69) is 25.9 Å². The molecule has 0 aliphatic carbocycles. The second-order valence-corrected chi connectivity index (χ2v) is 8.72. The maximum Gasteiger partial charge on any atom is 0.232 e. The molecule has 138 valence electrons. The molecule has 2 N–H and O–H groups in total. The first-order valence-corrected chi connectivity index (χ1v) is 8.42. The van der Waals surface area contributed by atoms with Crippen molar-refractivity contribution in [3.05, 3.63) is 17.0 Å². The zero-order chi connectivity index (χ0) is 17.6. The number of halogens is 1. The highest BCUT2D eigenvalue weighted by Gasteiger charge is 2.43. The summed E-state index contributed by atoms with van der Waals surface area (Å²) < 4.78 is 5.26. The van der Waals surface area contributed by atoms with Crippen LogP contribution >= 0.6 is 12.4 Å². The normalized spacial score (nSPS) is 21.8. The first-order chi connectivity index (χ1) is 10.4. The second kappa shape index (κ2) is 7.04. The highest BCUT2D eigenvalue weighted by molar-refractivity contribution is 5.88. The van der Waals surface area contributed by atoms with Crippen LogP contribution in [-0.4, -0.2) is 35.1 Å². The van der Waals surface area contributed by atoms with E-state index < -0.39 is 5.41 Å². The van der Waals surface area contributed by atoms with E-state index >= 15 is 0 Å². The third-order valence-electron chi connectivity index (χ3n) is 4.85. The number of nitrogens with zero attached hydrogens (tertiary/aromatic N) is 2. The first-order valence-electron chi connectivity index (χ1n) is 8.42. The fourth-order valence-electron chi connectivity index (χ4n) is 3.94. The Balaban J connectivity index is 0.00000288. The van der Waals surface area contributed by atoms with Crippen LogP contribution < -0.4 is 5.73 Å². The molecule has 0 aromatic carbocycles. The topological polar surface area (TPSA) is 72.4 Å². The molecule has 2 unspecified atom stereocenters. The molecule has 2 heterocycles. The maximum absolute atomic E-state index is 13.1. The summed E-state index contributed by atoms with van der Waals surface area (Å²) in [7, 11) is 0. The molecule has 0 saturated carbocycles. The Morgan fingerprint density at radius 3 is 2.29 bits per heavy atom. The molecule has 6 heteroatoms. The summed E-state index contributed by atoms with van der Waals surface area (Å²) in [4.78, 5) is 15.1. The molecule has 1 saturated heterocycles. The van der Waals surface area contributed by atoms with E-state index in [-0.39, 0.29) is 29.8 Å². The van der Waals surface area contributed by atoms with Gasteiger partial charge in [-0.1, -0.05) is 25.9 Å². The standard InChI is InChI=1S/C18H31N3O2.ClH/c1-11-15(12(2)23-20-11)18(6,7)16(22)21-9-13(14(19)10-21)8-17(3,4)5;/h13-14H,8-10,19H2,1-7H3;1H. The van der Waals surface area contributed by atoms with Crippen molar-refractivity contribution in [3.8, 4) is 0 Å². The van der Waals surface area contributed by atoms with Crippen LogP contribution in [0.5, 0.6) is 0 Å². The lowest BCUT2D eigenvalue weighted by Gasteiger charge is -2.30.